The third-order valence-electron chi connectivity index (χ3n) is 2.52. The second-order valence-electron chi connectivity index (χ2n) is 3.83. The maximum Gasteiger partial charge on any atom is 0.159 e. The molecule has 0 radical (unpaired) electrons. The van der Waals surface area contributed by atoms with Gasteiger partial charge in [0.25, 0.3) is 0 Å². The van der Waals surface area contributed by atoms with E-state index in [-0.39, 0.29) is 6.61 Å². The summed E-state index contributed by atoms with van der Waals surface area (Å²) >= 11 is 3.35. The highest BCUT2D eigenvalue weighted by Gasteiger charge is 2.06. The van der Waals surface area contributed by atoms with Gasteiger partial charge in [0.15, 0.2) is 11.6 Å². The summed E-state index contributed by atoms with van der Waals surface area (Å²) in [6.45, 7) is 0.155. The van der Waals surface area contributed by atoms with Crippen molar-refractivity contribution in [2.75, 3.05) is 7.11 Å². The Morgan fingerprint density at radius 2 is 1.84 bits per heavy atom. The van der Waals surface area contributed by atoms with Gasteiger partial charge in [-0.1, -0.05) is 6.07 Å². The third-order valence-corrected chi connectivity index (χ3v) is 3.14. The summed E-state index contributed by atoms with van der Waals surface area (Å²) in [7, 11) is 1.57. The van der Waals surface area contributed by atoms with E-state index < -0.39 is 11.6 Å². The molecule has 19 heavy (non-hydrogen) atoms. The summed E-state index contributed by atoms with van der Waals surface area (Å²) in [5.41, 5.74) is 0.557. The molecule has 2 rings (SSSR count). The zero-order valence-corrected chi connectivity index (χ0v) is 11.7. The Morgan fingerprint density at radius 1 is 1.05 bits per heavy atom. The van der Waals surface area contributed by atoms with Crippen molar-refractivity contribution in [3.63, 3.8) is 0 Å². The summed E-state index contributed by atoms with van der Waals surface area (Å²) < 4.78 is 37.1. The maximum atomic E-state index is 13.0. The zero-order chi connectivity index (χ0) is 13.8. The fourth-order valence-corrected chi connectivity index (χ4v) is 1.99. The molecule has 0 atom stereocenters. The van der Waals surface area contributed by atoms with Crippen LogP contribution >= 0.6 is 15.9 Å². The molecule has 5 heteroatoms. The lowest BCUT2D eigenvalue weighted by Gasteiger charge is -2.09. The molecule has 0 aromatic heterocycles. The Hall–Kier alpha value is -1.62. The molecule has 0 aliphatic heterocycles. The maximum absolute atomic E-state index is 13.0. The predicted octanol–water partition coefficient (Wildman–Crippen LogP) is 4.31. The van der Waals surface area contributed by atoms with Crippen LogP contribution in [-0.2, 0) is 6.61 Å². The van der Waals surface area contributed by atoms with Crippen LogP contribution in [0.25, 0.3) is 0 Å². The van der Waals surface area contributed by atoms with E-state index in [1.54, 1.807) is 25.3 Å². The average molecular weight is 329 g/mol. The highest BCUT2D eigenvalue weighted by Crippen LogP contribution is 2.29. The van der Waals surface area contributed by atoms with Crippen molar-refractivity contribution < 1.29 is 18.3 Å². The van der Waals surface area contributed by atoms with Crippen molar-refractivity contribution in [1.82, 2.24) is 0 Å². The predicted molar refractivity (Wildman–Crippen MR) is 71.4 cm³/mol. The topological polar surface area (TPSA) is 18.5 Å². The third kappa shape index (κ3) is 3.44. The van der Waals surface area contributed by atoms with Crippen molar-refractivity contribution in [2.45, 2.75) is 6.61 Å². The summed E-state index contributed by atoms with van der Waals surface area (Å²) in [5, 5.41) is 0. The van der Waals surface area contributed by atoms with Crippen LogP contribution in [0.2, 0.25) is 0 Å². The first-order valence-corrected chi connectivity index (χ1v) is 6.29. The monoisotopic (exact) mass is 328 g/mol. The smallest absolute Gasteiger partial charge is 0.159 e. The molecule has 0 saturated heterocycles. The Morgan fingerprint density at radius 3 is 2.47 bits per heavy atom. The minimum Gasteiger partial charge on any atom is -0.497 e. The second-order valence-corrected chi connectivity index (χ2v) is 4.69. The van der Waals surface area contributed by atoms with Crippen LogP contribution in [0.3, 0.4) is 0 Å². The van der Waals surface area contributed by atoms with Gasteiger partial charge < -0.3 is 9.47 Å². The molecule has 2 aromatic carbocycles. The van der Waals surface area contributed by atoms with Gasteiger partial charge in [-0.25, -0.2) is 8.78 Å². The first kappa shape index (κ1) is 13.8. The highest BCUT2D eigenvalue weighted by molar-refractivity contribution is 9.10. The Kier molecular flexibility index (Phi) is 4.37. The van der Waals surface area contributed by atoms with Crippen LogP contribution < -0.4 is 9.47 Å². The minimum absolute atomic E-state index is 0.155. The van der Waals surface area contributed by atoms with E-state index in [1.807, 2.05) is 0 Å². The lowest BCUT2D eigenvalue weighted by molar-refractivity contribution is 0.302. The molecule has 0 N–H and O–H groups in total. The van der Waals surface area contributed by atoms with Gasteiger partial charge in [-0.2, -0.15) is 0 Å². The molecule has 2 aromatic rings. The number of halogens is 3. The summed E-state index contributed by atoms with van der Waals surface area (Å²) in [5.74, 6) is -0.443. The SMILES string of the molecule is COc1ccc(OCc2ccc(F)c(F)c2)c(Br)c1. The highest BCUT2D eigenvalue weighted by atomic mass is 79.9. The quantitative estimate of drug-likeness (QED) is 0.832. The van der Waals surface area contributed by atoms with E-state index >= 15 is 0 Å². The van der Waals surface area contributed by atoms with Gasteiger partial charge in [0.1, 0.15) is 18.1 Å². The first-order chi connectivity index (χ1) is 9.10. The van der Waals surface area contributed by atoms with Crippen LogP contribution in [0.1, 0.15) is 5.56 Å². The fraction of sp³-hybridized carbons (Fsp3) is 0.143. The molecule has 100 valence electrons. The van der Waals surface area contributed by atoms with E-state index in [4.69, 9.17) is 9.47 Å². The molecular formula is C14H11BrF2O2. The van der Waals surface area contributed by atoms with Crippen molar-refractivity contribution in [2.24, 2.45) is 0 Å². The van der Waals surface area contributed by atoms with E-state index in [2.05, 4.69) is 15.9 Å². The van der Waals surface area contributed by atoms with Crippen molar-refractivity contribution in [1.29, 1.82) is 0 Å². The summed E-state index contributed by atoms with van der Waals surface area (Å²) in [4.78, 5) is 0. The Labute approximate surface area is 118 Å². The van der Waals surface area contributed by atoms with Crippen LogP contribution in [0.5, 0.6) is 11.5 Å². The van der Waals surface area contributed by atoms with Gasteiger partial charge in [0.05, 0.1) is 11.6 Å². The molecule has 0 bridgehead atoms. The van der Waals surface area contributed by atoms with Crippen LogP contribution in [0.15, 0.2) is 40.9 Å². The van der Waals surface area contributed by atoms with E-state index in [0.29, 0.717) is 17.1 Å². The van der Waals surface area contributed by atoms with Crippen molar-refractivity contribution in [3.05, 3.63) is 58.1 Å². The molecule has 0 unspecified atom stereocenters. The minimum atomic E-state index is -0.880. The fourth-order valence-electron chi connectivity index (χ4n) is 1.52. The van der Waals surface area contributed by atoms with Gasteiger partial charge in [-0.15, -0.1) is 0 Å². The Bertz CT molecular complexity index is 588. The average Bonchev–Trinajstić information content (AvgIpc) is 2.41. The van der Waals surface area contributed by atoms with Gasteiger partial charge in [0.2, 0.25) is 0 Å². The number of benzene rings is 2. The number of hydrogen-bond donors (Lipinski definition) is 0. The molecule has 0 fully saturated rings. The van der Waals surface area contributed by atoms with Crippen LogP contribution in [0.4, 0.5) is 8.78 Å². The van der Waals surface area contributed by atoms with Crippen molar-refractivity contribution >= 4 is 15.9 Å². The lowest BCUT2D eigenvalue weighted by atomic mass is 10.2. The zero-order valence-electron chi connectivity index (χ0n) is 10.1. The molecule has 0 amide bonds. The molecule has 0 heterocycles. The van der Waals surface area contributed by atoms with Crippen LogP contribution in [-0.4, -0.2) is 7.11 Å². The molecule has 2 nitrogen and oxygen atoms in total. The number of hydrogen-bond acceptors (Lipinski definition) is 2. The van der Waals surface area contributed by atoms with Gasteiger partial charge in [-0.05, 0) is 51.8 Å². The standard InChI is InChI=1S/C14H11BrF2O2/c1-18-10-3-5-14(11(15)7-10)19-8-9-2-4-12(16)13(17)6-9/h2-7H,8H2,1H3. The number of rotatable bonds is 4. The summed E-state index contributed by atoms with van der Waals surface area (Å²) in [6.07, 6.45) is 0. The molecule has 0 aliphatic carbocycles. The van der Waals surface area contributed by atoms with E-state index in [9.17, 15) is 8.78 Å². The van der Waals surface area contributed by atoms with Crippen LogP contribution in [0, 0.1) is 11.6 Å². The van der Waals surface area contributed by atoms with E-state index in [0.717, 1.165) is 16.6 Å². The summed E-state index contributed by atoms with van der Waals surface area (Å²) in [6, 6.07) is 8.94. The Balaban J connectivity index is 2.07. The van der Waals surface area contributed by atoms with Gasteiger partial charge >= 0.3 is 0 Å². The number of methoxy groups -OCH3 is 1. The molecule has 0 saturated carbocycles. The molecular weight excluding hydrogens is 318 g/mol. The van der Waals surface area contributed by atoms with E-state index in [1.165, 1.54) is 6.07 Å². The normalized spacial score (nSPS) is 10.3. The van der Waals surface area contributed by atoms with Gasteiger partial charge in [-0.3, -0.25) is 0 Å². The largest absolute Gasteiger partial charge is 0.497 e. The number of ether oxygens (including phenoxy) is 2. The molecule has 0 spiro atoms. The van der Waals surface area contributed by atoms with Crippen molar-refractivity contribution in [3.8, 4) is 11.5 Å². The first-order valence-electron chi connectivity index (χ1n) is 5.50. The lowest BCUT2D eigenvalue weighted by Crippen LogP contribution is -1.98. The molecule has 0 aliphatic rings. The second kappa shape index (κ2) is 6.02. The van der Waals surface area contributed by atoms with Gasteiger partial charge in [0, 0.05) is 0 Å².